The number of hydrogen-bond acceptors (Lipinski definition) is 1. The number of benzene rings is 1. The Morgan fingerprint density at radius 2 is 1.56 bits per heavy atom. The predicted octanol–water partition coefficient (Wildman–Crippen LogP) is 3.93. The topological polar surface area (TPSA) is 17.1 Å². The quantitative estimate of drug-likeness (QED) is 0.459. The molecule has 0 saturated carbocycles. The maximum Gasteiger partial charge on any atom is 0.457 e. The Morgan fingerprint density at radius 3 is 2.00 bits per heavy atom. The number of rotatable bonds is 3. The summed E-state index contributed by atoms with van der Waals surface area (Å²) in [6.45, 7) is 1.75. The highest BCUT2D eigenvalue weighted by Gasteiger charge is 2.55. The van der Waals surface area contributed by atoms with Crippen molar-refractivity contribution in [1.29, 1.82) is 0 Å². The highest BCUT2D eigenvalue weighted by atomic mass is 19.4. The number of carbonyl (C=O) groups excluding carboxylic acids is 1. The zero-order chi connectivity index (χ0) is 14.0. The molecule has 0 aliphatic heterocycles. The smallest absolute Gasteiger partial charge is 0.289 e. The van der Waals surface area contributed by atoms with Gasteiger partial charge in [-0.25, -0.2) is 0 Å². The van der Waals surface area contributed by atoms with Crippen molar-refractivity contribution in [1.82, 2.24) is 0 Å². The van der Waals surface area contributed by atoms with Gasteiger partial charge in [0.2, 0.25) is 0 Å². The molecule has 6 heteroatoms. The minimum absolute atomic E-state index is 0.0508. The molecule has 0 N–H and O–H groups in total. The molecule has 0 aliphatic carbocycles. The van der Waals surface area contributed by atoms with E-state index in [0.29, 0.717) is 0 Å². The van der Waals surface area contributed by atoms with Gasteiger partial charge in [-0.05, 0) is 19.1 Å². The predicted molar refractivity (Wildman–Crippen MR) is 55.7 cm³/mol. The van der Waals surface area contributed by atoms with E-state index >= 15 is 0 Å². The first-order valence-corrected chi connectivity index (χ1v) is 4.88. The number of carbonyl (C=O) groups is 1. The fraction of sp³-hybridized carbons (Fsp3) is 0.250. The van der Waals surface area contributed by atoms with Crippen LogP contribution in [0.25, 0.3) is 0 Å². The van der Waals surface area contributed by atoms with Crippen LogP contribution < -0.4 is 0 Å². The third-order valence-corrected chi connectivity index (χ3v) is 2.16. The largest absolute Gasteiger partial charge is 0.457 e. The zero-order valence-electron chi connectivity index (χ0n) is 9.26. The molecule has 1 aromatic rings. The summed E-state index contributed by atoms with van der Waals surface area (Å²) in [5, 5.41) is 0. The van der Waals surface area contributed by atoms with Crippen molar-refractivity contribution in [2.45, 2.75) is 19.0 Å². The first-order valence-electron chi connectivity index (χ1n) is 4.88. The average molecular weight is 264 g/mol. The molecule has 0 radical (unpaired) electrons. The lowest BCUT2D eigenvalue weighted by Gasteiger charge is -2.14. The number of halogens is 5. The summed E-state index contributed by atoms with van der Waals surface area (Å²) in [7, 11) is 0. The van der Waals surface area contributed by atoms with Crippen LogP contribution in [0.4, 0.5) is 22.0 Å². The van der Waals surface area contributed by atoms with Gasteiger partial charge in [-0.15, -0.1) is 0 Å². The van der Waals surface area contributed by atoms with Gasteiger partial charge in [0.15, 0.2) is 5.78 Å². The van der Waals surface area contributed by atoms with E-state index in [1.54, 1.807) is 19.1 Å². The number of aryl methyl sites for hydroxylation is 1. The maximum atomic E-state index is 12.5. The molecule has 1 nitrogen and oxygen atoms in total. The molecule has 98 valence electrons. The standard InChI is InChI=1S/C12H9F5O/c1-8-2-4-9(5-3-8)10(18)6-7-11(13,14)12(15,16)17/h2-7H,1H3/b7-6+. The summed E-state index contributed by atoms with van der Waals surface area (Å²) in [4.78, 5) is 11.3. The van der Waals surface area contributed by atoms with Gasteiger partial charge in [-0.3, -0.25) is 4.79 Å². The van der Waals surface area contributed by atoms with Crippen molar-refractivity contribution in [3.8, 4) is 0 Å². The van der Waals surface area contributed by atoms with Crippen LogP contribution in [-0.2, 0) is 0 Å². The highest BCUT2D eigenvalue weighted by molar-refractivity contribution is 6.04. The Balaban J connectivity index is 2.86. The molecule has 0 heterocycles. The molecule has 0 aromatic heterocycles. The molecule has 0 amide bonds. The SMILES string of the molecule is Cc1ccc(C(=O)/C=C/C(F)(F)C(F)(F)F)cc1. The van der Waals surface area contributed by atoms with Gasteiger partial charge in [-0.2, -0.15) is 22.0 Å². The average Bonchev–Trinajstić information content (AvgIpc) is 2.25. The summed E-state index contributed by atoms with van der Waals surface area (Å²) < 4.78 is 60.5. The van der Waals surface area contributed by atoms with E-state index in [9.17, 15) is 26.7 Å². The maximum absolute atomic E-state index is 12.5. The van der Waals surface area contributed by atoms with Crippen molar-refractivity contribution in [2.24, 2.45) is 0 Å². The van der Waals surface area contributed by atoms with Crippen LogP contribution in [0.2, 0.25) is 0 Å². The molecule has 0 bridgehead atoms. The van der Waals surface area contributed by atoms with E-state index in [1.165, 1.54) is 12.1 Å². The van der Waals surface area contributed by atoms with E-state index < -0.39 is 24.0 Å². The Kier molecular flexibility index (Phi) is 3.88. The summed E-state index contributed by atoms with van der Waals surface area (Å²) in [6, 6.07) is 5.83. The number of allylic oxidation sites excluding steroid dienone is 2. The van der Waals surface area contributed by atoms with Crippen LogP contribution in [0, 0.1) is 6.92 Å². The molecule has 1 aromatic carbocycles. The van der Waals surface area contributed by atoms with Crippen LogP contribution in [0.1, 0.15) is 15.9 Å². The van der Waals surface area contributed by atoms with Crippen LogP contribution in [0.5, 0.6) is 0 Å². The van der Waals surface area contributed by atoms with Crippen molar-refractivity contribution in [3.05, 3.63) is 47.5 Å². The monoisotopic (exact) mass is 264 g/mol. The molecule has 18 heavy (non-hydrogen) atoms. The lowest BCUT2D eigenvalue weighted by atomic mass is 10.1. The fourth-order valence-corrected chi connectivity index (χ4v) is 1.09. The van der Waals surface area contributed by atoms with Gasteiger partial charge in [0.05, 0.1) is 0 Å². The Morgan fingerprint density at radius 1 is 1.06 bits per heavy atom. The lowest BCUT2D eigenvalue weighted by Crippen LogP contribution is -2.34. The first-order chi connectivity index (χ1) is 8.13. The van der Waals surface area contributed by atoms with Crippen LogP contribution in [0.15, 0.2) is 36.4 Å². The van der Waals surface area contributed by atoms with Crippen LogP contribution in [0.3, 0.4) is 0 Å². The fourth-order valence-electron chi connectivity index (χ4n) is 1.09. The molecule has 0 saturated heterocycles. The lowest BCUT2D eigenvalue weighted by molar-refractivity contribution is -0.259. The van der Waals surface area contributed by atoms with Crippen LogP contribution in [-0.4, -0.2) is 17.9 Å². The second-order valence-corrected chi connectivity index (χ2v) is 3.68. The molecular weight excluding hydrogens is 255 g/mol. The van der Waals surface area contributed by atoms with Gasteiger partial charge in [0.25, 0.3) is 0 Å². The minimum Gasteiger partial charge on any atom is -0.289 e. The summed E-state index contributed by atoms with van der Waals surface area (Å²) in [5.41, 5.74) is 0.894. The third-order valence-electron chi connectivity index (χ3n) is 2.16. The van der Waals surface area contributed by atoms with Gasteiger partial charge in [0.1, 0.15) is 0 Å². The number of alkyl halides is 5. The zero-order valence-corrected chi connectivity index (χ0v) is 9.26. The van der Waals surface area contributed by atoms with E-state index in [-0.39, 0.29) is 11.6 Å². The Bertz CT molecular complexity index is 456. The molecule has 0 spiro atoms. The molecular formula is C12H9F5O. The normalized spacial score (nSPS) is 13.0. The Hall–Kier alpha value is -1.72. The van der Waals surface area contributed by atoms with E-state index in [1.807, 2.05) is 0 Å². The molecule has 1 rings (SSSR count). The van der Waals surface area contributed by atoms with Gasteiger partial charge >= 0.3 is 12.1 Å². The first kappa shape index (κ1) is 14.3. The van der Waals surface area contributed by atoms with E-state index in [2.05, 4.69) is 0 Å². The number of hydrogen-bond donors (Lipinski definition) is 0. The summed E-state index contributed by atoms with van der Waals surface area (Å²) >= 11 is 0. The highest BCUT2D eigenvalue weighted by Crippen LogP contribution is 2.36. The molecule has 0 atom stereocenters. The summed E-state index contributed by atoms with van der Waals surface area (Å²) in [5.74, 6) is -5.91. The van der Waals surface area contributed by atoms with Crippen molar-refractivity contribution in [3.63, 3.8) is 0 Å². The minimum atomic E-state index is -5.70. The Labute approximate surface area is 99.9 Å². The van der Waals surface area contributed by atoms with Gasteiger partial charge < -0.3 is 0 Å². The van der Waals surface area contributed by atoms with Gasteiger partial charge in [0, 0.05) is 5.56 Å². The van der Waals surface area contributed by atoms with Crippen molar-refractivity contribution in [2.75, 3.05) is 0 Å². The van der Waals surface area contributed by atoms with Gasteiger partial charge in [-0.1, -0.05) is 29.8 Å². The van der Waals surface area contributed by atoms with Crippen molar-refractivity contribution < 1.29 is 26.7 Å². The third kappa shape index (κ3) is 3.38. The molecule has 0 fully saturated rings. The molecule has 0 unspecified atom stereocenters. The number of ketones is 1. The summed E-state index contributed by atoms with van der Waals surface area (Å²) in [6.07, 6.45) is -5.90. The van der Waals surface area contributed by atoms with E-state index in [0.717, 1.165) is 5.56 Å². The molecule has 0 aliphatic rings. The second-order valence-electron chi connectivity index (χ2n) is 3.68. The van der Waals surface area contributed by atoms with E-state index in [4.69, 9.17) is 0 Å². The van der Waals surface area contributed by atoms with Crippen molar-refractivity contribution >= 4 is 5.78 Å². The second kappa shape index (κ2) is 4.88. The van der Waals surface area contributed by atoms with Crippen LogP contribution >= 0.6 is 0 Å².